The lowest BCUT2D eigenvalue weighted by molar-refractivity contribution is 0.189. The Morgan fingerprint density at radius 1 is 1.48 bits per heavy atom. The number of aromatic nitrogens is 2. The summed E-state index contributed by atoms with van der Waals surface area (Å²) in [5.74, 6) is 0.636. The van der Waals surface area contributed by atoms with E-state index in [1.165, 1.54) is 0 Å². The van der Waals surface area contributed by atoms with Crippen molar-refractivity contribution >= 4 is 27.5 Å². The molecule has 0 aliphatic carbocycles. The molecule has 0 bridgehead atoms. The van der Waals surface area contributed by atoms with Crippen LogP contribution in [-0.2, 0) is 13.2 Å². The van der Waals surface area contributed by atoms with Gasteiger partial charge in [-0.15, -0.1) is 0 Å². The monoisotopic (exact) mass is 372 g/mol. The third kappa shape index (κ3) is 3.59. The van der Waals surface area contributed by atoms with Crippen LogP contribution in [0.1, 0.15) is 36.9 Å². The van der Waals surface area contributed by atoms with Crippen LogP contribution in [0.5, 0.6) is 5.75 Å². The summed E-state index contributed by atoms with van der Waals surface area (Å²) < 4.78 is 8.59. The Morgan fingerprint density at radius 3 is 2.81 bits per heavy atom. The van der Waals surface area contributed by atoms with Gasteiger partial charge in [0.2, 0.25) is 0 Å². The molecule has 0 saturated heterocycles. The summed E-state index contributed by atoms with van der Waals surface area (Å²) >= 11 is 9.68. The van der Waals surface area contributed by atoms with Gasteiger partial charge in [0.1, 0.15) is 12.4 Å². The van der Waals surface area contributed by atoms with Crippen LogP contribution in [0.4, 0.5) is 0 Å². The number of halogens is 2. The second-order valence-electron chi connectivity index (χ2n) is 4.81. The maximum Gasteiger partial charge on any atom is 0.131 e. The average Bonchev–Trinajstić information content (AvgIpc) is 2.71. The number of rotatable bonds is 5. The maximum absolute atomic E-state index is 9.81. The van der Waals surface area contributed by atoms with Crippen LogP contribution in [0, 0.1) is 6.92 Å². The van der Waals surface area contributed by atoms with Gasteiger partial charge in [-0.25, -0.2) is 0 Å². The molecule has 2 aromatic rings. The molecule has 0 aliphatic rings. The Morgan fingerprint density at radius 2 is 2.19 bits per heavy atom. The zero-order chi connectivity index (χ0) is 15.6. The van der Waals surface area contributed by atoms with E-state index in [0.717, 1.165) is 28.0 Å². The lowest BCUT2D eigenvalue weighted by Gasteiger charge is -2.14. The van der Waals surface area contributed by atoms with Crippen LogP contribution >= 0.6 is 27.5 Å². The predicted octanol–water partition coefficient (Wildman–Crippen LogP) is 4.26. The topological polar surface area (TPSA) is 47.3 Å². The molecular weight excluding hydrogens is 356 g/mol. The van der Waals surface area contributed by atoms with E-state index in [0.29, 0.717) is 17.4 Å². The van der Waals surface area contributed by atoms with E-state index >= 15 is 0 Å². The fraction of sp³-hybridized carbons (Fsp3) is 0.400. The molecule has 0 fully saturated rings. The highest BCUT2D eigenvalue weighted by atomic mass is 79.9. The first-order valence-corrected chi connectivity index (χ1v) is 7.93. The van der Waals surface area contributed by atoms with Gasteiger partial charge >= 0.3 is 0 Å². The van der Waals surface area contributed by atoms with E-state index in [-0.39, 0.29) is 0 Å². The van der Waals surface area contributed by atoms with Gasteiger partial charge in [0.25, 0.3) is 0 Å². The summed E-state index contributed by atoms with van der Waals surface area (Å²) in [6.45, 7) is 6.63. The van der Waals surface area contributed by atoms with Crippen molar-refractivity contribution in [3.8, 4) is 5.75 Å². The molecule has 2 rings (SSSR count). The first kappa shape index (κ1) is 16.3. The van der Waals surface area contributed by atoms with Gasteiger partial charge in [-0.3, -0.25) is 4.68 Å². The Bertz CT molecular complexity index is 641. The van der Waals surface area contributed by atoms with Gasteiger partial charge in [0, 0.05) is 16.6 Å². The third-order valence-electron chi connectivity index (χ3n) is 3.24. The van der Waals surface area contributed by atoms with Crippen molar-refractivity contribution in [2.45, 2.75) is 40.0 Å². The number of hydrogen-bond donors (Lipinski definition) is 1. The van der Waals surface area contributed by atoms with Crippen LogP contribution in [0.3, 0.4) is 0 Å². The van der Waals surface area contributed by atoms with Crippen molar-refractivity contribution in [3.05, 3.63) is 44.6 Å². The maximum atomic E-state index is 9.81. The SMILES string of the molecule is CCn1nc(C)c(Cl)c1COc1cc(Br)ccc1[C@@H](C)O. The number of hydrogen-bond acceptors (Lipinski definition) is 3. The lowest BCUT2D eigenvalue weighted by Crippen LogP contribution is -2.08. The van der Waals surface area contributed by atoms with E-state index in [1.54, 1.807) is 6.92 Å². The van der Waals surface area contributed by atoms with Gasteiger partial charge in [-0.1, -0.05) is 33.6 Å². The molecule has 0 saturated carbocycles. The zero-order valence-electron chi connectivity index (χ0n) is 12.2. The van der Waals surface area contributed by atoms with Crippen molar-refractivity contribution in [1.29, 1.82) is 0 Å². The molecule has 0 radical (unpaired) electrons. The van der Waals surface area contributed by atoms with Crippen molar-refractivity contribution in [2.75, 3.05) is 0 Å². The minimum atomic E-state index is -0.596. The molecule has 0 aliphatic heterocycles. The molecule has 1 heterocycles. The molecule has 1 aromatic carbocycles. The summed E-state index contributed by atoms with van der Waals surface area (Å²) in [7, 11) is 0. The predicted molar refractivity (Wildman–Crippen MR) is 86.8 cm³/mol. The number of ether oxygens (including phenoxy) is 1. The fourth-order valence-corrected chi connectivity index (χ4v) is 2.66. The second kappa shape index (κ2) is 6.81. The van der Waals surface area contributed by atoms with Crippen molar-refractivity contribution in [2.24, 2.45) is 0 Å². The average molecular weight is 374 g/mol. The Hall–Kier alpha value is -1.04. The third-order valence-corrected chi connectivity index (χ3v) is 4.23. The van der Waals surface area contributed by atoms with E-state index in [9.17, 15) is 5.11 Å². The van der Waals surface area contributed by atoms with Crippen LogP contribution in [0.2, 0.25) is 5.02 Å². The molecule has 4 nitrogen and oxygen atoms in total. The second-order valence-corrected chi connectivity index (χ2v) is 6.10. The zero-order valence-corrected chi connectivity index (χ0v) is 14.6. The lowest BCUT2D eigenvalue weighted by atomic mass is 10.1. The Balaban J connectivity index is 2.26. The number of aryl methyl sites for hydroxylation is 2. The molecule has 1 N–H and O–H groups in total. The summed E-state index contributed by atoms with van der Waals surface area (Å²) in [6.07, 6.45) is -0.596. The molecule has 1 aromatic heterocycles. The smallest absolute Gasteiger partial charge is 0.131 e. The first-order chi connectivity index (χ1) is 9.93. The van der Waals surface area contributed by atoms with Crippen molar-refractivity contribution in [3.63, 3.8) is 0 Å². The molecule has 0 unspecified atom stereocenters. The molecular formula is C15H18BrClN2O2. The molecule has 6 heteroatoms. The van der Waals surface area contributed by atoms with Gasteiger partial charge in [-0.05, 0) is 32.9 Å². The molecule has 0 amide bonds. The minimum Gasteiger partial charge on any atom is -0.487 e. The largest absolute Gasteiger partial charge is 0.487 e. The van der Waals surface area contributed by atoms with Crippen LogP contribution < -0.4 is 4.74 Å². The molecule has 114 valence electrons. The van der Waals surface area contributed by atoms with Crippen LogP contribution in [0.15, 0.2) is 22.7 Å². The summed E-state index contributed by atoms with van der Waals surface area (Å²) in [4.78, 5) is 0. The van der Waals surface area contributed by atoms with E-state index in [2.05, 4.69) is 21.0 Å². The fourth-order valence-electron chi connectivity index (χ4n) is 2.13. The summed E-state index contributed by atoms with van der Waals surface area (Å²) in [5.41, 5.74) is 2.38. The van der Waals surface area contributed by atoms with Gasteiger partial charge < -0.3 is 9.84 Å². The highest BCUT2D eigenvalue weighted by Gasteiger charge is 2.15. The first-order valence-electron chi connectivity index (χ1n) is 6.76. The minimum absolute atomic E-state index is 0.309. The summed E-state index contributed by atoms with van der Waals surface area (Å²) in [5, 5.41) is 14.8. The normalized spacial score (nSPS) is 12.5. The van der Waals surface area contributed by atoms with Gasteiger partial charge in [0.05, 0.1) is 22.5 Å². The Kier molecular flexibility index (Phi) is 5.30. The highest BCUT2D eigenvalue weighted by Crippen LogP contribution is 2.30. The van der Waals surface area contributed by atoms with E-state index < -0.39 is 6.10 Å². The summed E-state index contributed by atoms with van der Waals surface area (Å²) in [6, 6.07) is 5.56. The van der Waals surface area contributed by atoms with Crippen molar-refractivity contribution in [1.82, 2.24) is 9.78 Å². The van der Waals surface area contributed by atoms with Crippen LogP contribution in [0.25, 0.3) is 0 Å². The highest BCUT2D eigenvalue weighted by molar-refractivity contribution is 9.10. The molecule has 0 spiro atoms. The van der Waals surface area contributed by atoms with E-state index in [4.69, 9.17) is 16.3 Å². The van der Waals surface area contributed by atoms with Crippen molar-refractivity contribution < 1.29 is 9.84 Å². The molecule has 21 heavy (non-hydrogen) atoms. The number of nitrogens with zero attached hydrogens (tertiary/aromatic N) is 2. The standard InChI is InChI=1S/C15H18BrClN2O2/c1-4-19-13(15(17)9(2)18-19)8-21-14-7-11(16)5-6-12(14)10(3)20/h5-7,10,20H,4,8H2,1-3H3/t10-/m1/s1. The van der Waals surface area contributed by atoms with Crippen LogP contribution in [-0.4, -0.2) is 14.9 Å². The number of aliphatic hydroxyl groups excluding tert-OH is 1. The van der Waals surface area contributed by atoms with E-state index in [1.807, 2.05) is 36.7 Å². The number of benzene rings is 1. The molecule has 1 atom stereocenters. The number of aliphatic hydroxyl groups is 1. The van der Waals surface area contributed by atoms with Gasteiger partial charge in [-0.2, -0.15) is 5.10 Å². The quantitative estimate of drug-likeness (QED) is 0.852. The Labute approximate surface area is 137 Å². The van der Waals surface area contributed by atoms with Gasteiger partial charge in [0.15, 0.2) is 0 Å².